The van der Waals surface area contributed by atoms with Crippen LogP contribution in [0.15, 0.2) is 102 Å². The molecule has 0 radical (unpaired) electrons. The van der Waals surface area contributed by atoms with E-state index >= 15 is 0 Å². The Kier molecular flexibility index (Phi) is 5.68. The molecule has 150 valence electrons. The molecule has 3 aromatic carbocycles. The van der Waals surface area contributed by atoms with E-state index in [4.69, 9.17) is 11.6 Å². The predicted molar refractivity (Wildman–Crippen MR) is 121 cm³/mol. The van der Waals surface area contributed by atoms with E-state index in [1.807, 2.05) is 66.7 Å². The number of benzene rings is 3. The molecule has 0 amide bonds. The van der Waals surface area contributed by atoms with Crippen molar-refractivity contribution in [2.24, 2.45) is 0 Å². The van der Waals surface area contributed by atoms with Gasteiger partial charge in [-0.3, -0.25) is 10.1 Å². The summed E-state index contributed by atoms with van der Waals surface area (Å²) in [6, 6.07) is 27.3. The molecular formula is C25H21ClN2O2. The first kappa shape index (κ1) is 19.9. The molecule has 0 spiro atoms. The molecule has 1 atom stereocenters. The van der Waals surface area contributed by atoms with E-state index in [9.17, 15) is 10.1 Å². The smallest absolute Gasteiger partial charge is 0.276 e. The van der Waals surface area contributed by atoms with Crippen LogP contribution >= 0.6 is 11.6 Å². The van der Waals surface area contributed by atoms with Gasteiger partial charge in [-0.15, -0.1) is 0 Å². The number of nitrogens with zero attached hydrogens (tertiary/aromatic N) is 1. The van der Waals surface area contributed by atoms with Crippen LogP contribution in [0.2, 0.25) is 5.02 Å². The van der Waals surface area contributed by atoms with Crippen LogP contribution in [0.4, 0.5) is 0 Å². The van der Waals surface area contributed by atoms with Crippen LogP contribution in [0.25, 0.3) is 5.57 Å². The molecule has 3 aromatic rings. The van der Waals surface area contributed by atoms with Gasteiger partial charge in [0, 0.05) is 17.1 Å². The van der Waals surface area contributed by atoms with Gasteiger partial charge in [-0.05, 0) is 35.3 Å². The summed E-state index contributed by atoms with van der Waals surface area (Å²) in [5.41, 5.74) is 5.28. The average Bonchev–Trinajstić information content (AvgIpc) is 2.75. The minimum atomic E-state index is -0.573. The Hall–Kier alpha value is -3.37. The van der Waals surface area contributed by atoms with Crippen molar-refractivity contribution in [2.45, 2.75) is 19.3 Å². The van der Waals surface area contributed by atoms with E-state index in [2.05, 4.69) is 17.4 Å². The molecule has 0 saturated carbocycles. The summed E-state index contributed by atoms with van der Waals surface area (Å²) in [5, 5.41) is 16.0. The number of hydrogen-bond acceptors (Lipinski definition) is 3. The summed E-state index contributed by atoms with van der Waals surface area (Å²) in [6.07, 6.45) is 0.633. The molecule has 5 heteroatoms. The monoisotopic (exact) mass is 416 g/mol. The van der Waals surface area contributed by atoms with Crippen LogP contribution in [-0.2, 0) is 6.42 Å². The van der Waals surface area contributed by atoms with Gasteiger partial charge in [0.05, 0.1) is 10.6 Å². The minimum absolute atomic E-state index is 0.124. The SMILES string of the molecule is CC1=C([N+](=O)[O-])C(c2ccccc2Cl)C(c2ccccc2)=C(Cc2ccccc2)N1. The molecule has 0 aliphatic carbocycles. The number of nitrogens with one attached hydrogen (secondary N) is 1. The molecule has 0 aromatic heterocycles. The second kappa shape index (κ2) is 8.56. The average molecular weight is 417 g/mol. The molecule has 1 aliphatic heterocycles. The zero-order valence-corrected chi connectivity index (χ0v) is 17.3. The fraction of sp³-hybridized carbons (Fsp3) is 0.120. The summed E-state index contributed by atoms with van der Waals surface area (Å²) in [4.78, 5) is 11.9. The van der Waals surface area contributed by atoms with Crippen LogP contribution in [0.1, 0.15) is 29.5 Å². The Morgan fingerprint density at radius 2 is 1.53 bits per heavy atom. The molecule has 30 heavy (non-hydrogen) atoms. The normalized spacial score (nSPS) is 16.4. The van der Waals surface area contributed by atoms with E-state index in [1.54, 1.807) is 13.0 Å². The molecular weight excluding hydrogens is 396 g/mol. The summed E-state index contributed by atoms with van der Waals surface area (Å²) in [5.74, 6) is -0.573. The molecule has 4 nitrogen and oxygen atoms in total. The van der Waals surface area contributed by atoms with Crippen molar-refractivity contribution in [1.29, 1.82) is 0 Å². The fourth-order valence-corrected chi connectivity index (χ4v) is 4.28. The van der Waals surface area contributed by atoms with Crippen molar-refractivity contribution in [3.8, 4) is 0 Å². The van der Waals surface area contributed by atoms with Crippen molar-refractivity contribution in [3.63, 3.8) is 0 Å². The lowest BCUT2D eigenvalue weighted by Gasteiger charge is -2.30. The second-order valence-electron chi connectivity index (χ2n) is 7.27. The third-order valence-electron chi connectivity index (χ3n) is 5.33. The van der Waals surface area contributed by atoms with Gasteiger partial charge in [-0.2, -0.15) is 0 Å². The quantitative estimate of drug-likeness (QED) is 0.398. The molecule has 1 heterocycles. The third kappa shape index (κ3) is 3.87. The lowest BCUT2D eigenvalue weighted by molar-refractivity contribution is -0.430. The van der Waals surface area contributed by atoms with E-state index in [-0.39, 0.29) is 10.6 Å². The van der Waals surface area contributed by atoms with E-state index in [1.165, 1.54) is 0 Å². The minimum Gasteiger partial charge on any atom is -0.357 e. The van der Waals surface area contributed by atoms with E-state index in [0.29, 0.717) is 17.1 Å². The van der Waals surface area contributed by atoms with Gasteiger partial charge in [-0.1, -0.05) is 90.5 Å². The highest BCUT2D eigenvalue weighted by molar-refractivity contribution is 6.31. The molecule has 0 bridgehead atoms. The van der Waals surface area contributed by atoms with Gasteiger partial charge in [0.15, 0.2) is 0 Å². The highest BCUT2D eigenvalue weighted by Gasteiger charge is 2.39. The molecule has 1 aliphatic rings. The first-order valence-electron chi connectivity index (χ1n) is 9.75. The van der Waals surface area contributed by atoms with Crippen LogP contribution < -0.4 is 5.32 Å². The zero-order valence-electron chi connectivity index (χ0n) is 16.5. The van der Waals surface area contributed by atoms with Crippen molar-refractivity contribution in [3.05, 3.63) is 134 Å². The van der Waals surface area contributed by atoms with Crippen LogP contribution in [0, 0.1) is 10.1 Å². The first-order chi connectivity index (χ1) is 14.6. The Bertz CT molecular complexity index is 1140. The number of hydrogen-bond donors (Lipinski definition) is 1. The Labute approximate surface area is 180 Å². The standard InChI is InChI=1S/C25H21ClN2O2/c1-17-25(28(29)30)24(20-14-8-9-15-21(20)26)23(19-12-6-3-7-13-19)22(27-17)16-18-10-4-2-5-11-18/h2-15,24,27H,16H2,1H3. The number of dihydropyridines is 1. The fourth-order valence-electron chi connectivity index (χ4n) is 4.04. The largest absolute Gasteiger partial charge is 0.357 e. The molecule has 4 rings (SSSR count). The lowest BCUT2D eigenvalue weighted by atomic mass is 9.79. The number of rotatable bonds is 5. The number of nitro groups is 1. The molecule has 0 saturated heterocycles. The maximum absolute atomic E-state index is 12.1. The van der Waals surface area contributed by atoms with Crippen molar-refractivity contribution in [1.82, 2.24) is 5.32 Å². The van der Waals surface area contributed by atoms with Gasteiger partial charge in [0.25, 0.3) is 5.70 Å². The van der Waals surface area contributed by atoms with Gasteiger partial charge in [-0.25, -0.2) is 0 Å². The topological polar surface area (TPSA) is 55.2 Å². The molecule has 1 N–H and O–H groups in total. The number of halogens is 1. The molecule has 0 fully saturated rings. The lowest BCUT2D eigenvalue weighted by Crippen LogP contribution is -2.29. The Morgan fingerprint density at radius 1 is 0.933 bits per heavy atom. The summed E-state index contributed by atoms with van der Waals surface area (Å²) in [7, 11) is 0. The van der Waals surface area contributed by atoms with Gasteiger partial charge < -0.3 is 5.32 Å². The zero-order chi connectivity index (χ0) is 21.1. The van der Waals surface area contributed by atoms with Crippen LogP contribution in [0.5, 0.6) is 0 Å². The summed E-state index contributed by atoms with van der Waals surface area (Å²) < 4.78 is 0. The summed E-state index contributed by atoms with van der Waals surface area (Å²) in [6.45, 7) is 1.76. The second-order valence-corrected chi connectivity index (χ2v) is 7.67. The van der Waals surface area contributed by atoms with E-state index < -0.39 is 5.92 Å². The van der Waals surface area contributed by atoms with Crippen molar-refractivity contribution >= 4 is 17.2 Å². The van der Waals surface area contributed by atoms with Crippen molar-refractivity contribution in [2.75, 3.05) is 0 Å². The highest BCUT2D eigenvalue weighted by atomic mass is 35.5. The van der Waals surface area contributed by atoms with Crippen molar-refractivity contribution < 1.29 is 4.92 Å². The highest BCUT2D eigenvalue weighted by Crippen LogP contribution is 2.45. The van der Waals surface area contributed by atoms with Crippen LogP contribution in [-0.4, -0.2) is 4.92 Å². The Balaban J connectivity index is 1.97. The van der Waals surface area contributed by atoms with Crippen LogP contribution in [0.3, 0.4) is 0 Å². The maximum atomic E-state index is 12.1. The van der Waals surface area contributed by atoms with E-state index in [0.717, 1.165) is 28.0 Å². The van der Waals surface area contributed by atoms with Gasteiger partial charge >= 0.3 is 0 Å². The van der Waals surface area contributed by atoms with Gasteiger partial charge in [0.1, 0.15) is 5.92 Å². The Morgan fingerprint density at radius 3 is 2.17 bits per heavy atom. The maximum Gasteiger partial charge on any atom is 0.276 e. The third-order valence-corrected chi connectivity index (χ3v) is 5.68. The first-order valence-corrected chi connectivity index (χ1v) is 10.1. The van der Waals surface area contributed by atoms with Gasteiger partial charge in [0.2, 0.25) is 0 Å². The molecule has 1 unspecified atom stereocenters. The summed E-state index contributed by atoms with van der Waals surface area (Å²) >= 11 is 6.55. The predicted octanol–water partition coefficient (Wildman–Crippen LogP) is 6.19. The number of allylic oxidation sites excluding steroid dienone is 3.